The predicted molar refractivity (Wildman–Crippen MR) is 113 cm³/mol. The molecule has 4 rings (SSSR count). The molecule has 0 unspecified atom stereocenters. The summed E-state index contributed by atoms with van der Waals surface area (Å²) in [5.74, 6) is 2.87. The fourth-order valence-corrected chi connectivity index (χ4v) is 4.67. The van der Waals surface area contributed by atoms with E-state index in [4.69, 9.17) is 9.47 Å². The third kappa shape index (κ3) is 4.52. The van der Waals surface area contributed by atoms with Crippen molar-refractivity contribution in [2.75, 3.05) is 32.1 Å². The smallest absolute Gasteiger partial charge is 0.233 e. The maximum atomic E-state index is 12.5. The second-order valence-electron chi connectivity index (χ2n) is 7.71. The highest BCUT2D eigenvalue weighted by Gasteiger charge is 2.22. The van der Waals surface area contributed by atoms with E-state index in [-0.39, 0.29) is 11.9 Å². The average Bonchev–Trinajstić information content (AvgIpc) is 3.03. The quantitative estimate of drug-likeness (QED) is 0.691. The van der Waals surface area contributed by atoms with E-state index in [1.165, 1.54) is 18.2 Å². The molecule has 7 nitrogen and oxygen atoms in total. The zero-order valence-electron chi connectivity index (χ0n) is 17.1. The maximum Gasteiger partial charge on any atom is 0.233 e. The van der Waals surface area contributed by atoms with Crippen LogP contribution in [0.4, 0.5) is 0 Å². The van der Waals surface area contributed by atoms with E-state index in [0.29, 0.717) is 19.0 Å². The minimum atomic E-state index is 0.170. The molecule has 1 amide bonds. The predicted octanol–water partition coefficient (Wildman–Crippen LogP) is 3.79. The summed E-state index contributed by atoms with van der Waals surface area (Å²) >= 11 is 1.47. The van der Waals surface area contributed by atoms with Crippen LogP contribution in [-0.2, 0) is 4.79 Å². The Morgan fingerprint density at radius 2 is 1.83 bits per heavy atom. The number of benzene rings is 1. The lowest BCUT2D eigenvalue weighted by Crippen LogP contribution is -2.36. The maximum absolute atomic E-state index is 12.5. The Balaban J connectivity index is 1.54. The highest BCUT2D eigenvalue weighted by atomic mass is 32.2. The highest BCUT2D eigenvalue weighted by molar-refractivity contribution is 7.99. The first kappa shape index (κ1) is 20.1. The van der Waals surface area contributed by atoms with Crippen molar-refractivity contribution in [1.82, 2.24) is 19.7 Å². The first-order chi connectivity index (χ1) is 14.1. The van der Waals surface area contributed by atoms with Crippen LogP contribution in [0, 0.1) is 0 Å². The number of thioether (sulfide) groups is 1. The highest BCUT2D eigenvalue weighted by Crippen LogP contribution is 2.35. The number of fused-ring (bicyclic) bond motifs is 1. The lowest BCUT2D eigenvalue weighted by molar-refractivity contribution is -0.129. The Morgan fingerprint density at radius 1 is 1.07 bits per heavy atom. The molecule has 3 heterocycles. The molecule has 8 heteroatoms. The van der Waals surface area contributed by atoms with Crippen molar-refractivity contribution >= 4 is 17.7 Å². The Morgan fingerprint density at radius 3 is 2.59 bits per heavy atom. The number of carbonyl (C=O) groups excluding carboxylic acids is 1. The van der Waals surface area contributed by atoms with Crippen LogP contribution in [0.25, 0.3) is 11.4 Å². The molecule has 0 N–H and O–H groups in total. The van der Waals surface area contributed by atoms with Crippen molar-refractivity contribution in [3.63, 3.8) is 0 Å². The Kier molecular flexibility index (Phi) is 6.28. The summed E-state index contributed by atoms with van der Waals surface area (Å²) in [4.78, 5) is 14.5. The summed E-state index contributed by atoms with van der Waals surface area (Å²) < 4.78 is 13.6. The number of hydrogen-bond donors (Lipinski definition) is 0. The van der Waals surface area contributed by atoms with Gasteiger partial charge < -0.3 is 14.4 Å². The first-order valence-electron chi connectivity index (χ1n) is 10.4. The molecule has 2 aliphatic rings. The van der Waals surface area contributed by atoms with Gasteiger partial charge in [0.25, 0.3) is 0 Å². The van der Waals surface area contributed by atoms with Crippen LogP contribution in [0.3, 0.4) is 0 Å². The standard InChI is InChI=1S/C21H28N4O3S/c1-15(2)25-20(16-7-8-17-18(13-16)28-12-6-11-27-17)22-23-21(25)29-14-19(26)24-9-4-3-5-10-24/h7-8,13,15H,3-6,9-12,14H2,1-2H3. The fraction of sp³-hybridized carbons (Fsp3) is 0.571. The van der Waals surface area contributed by atoms with Crippen LogP contribution < -0.4 is 9.47 Å². The van der Waals surface area contributed by atoms with Crippen molar-refractivity contribution < 1.29 is 14.3 Å². The van der Waals surface area contributed by atoms with Crippen LogP contribution in [0.15, 0.2) is 23.4 Å². The molecule has 2 aliphatic heterocycles. The van der Waals surface area contributed by atoms with Gasteiger partial charge in [0.2, 0.25) is 5.91 Å². The summed E-state index contributed by atoms with van der Waals surface area (Å²) in [6.07, 6.45) is 4.30. The first-order valence-corrected chi connectivity index (χ1v) is 11.4. The van der Waals surface area contributed by atoms with Crippen molar-refractivity contribution in [3.8, 4) is 22.9 Å². The second-order valence-corrected chi connectivity index (χ2v) is 8.65. The lowest BCUT2D eigenvalue weighted by atomic mass is 10.1. The van der Waals surface area contributed by atoms with Crippen LogP contribution in [0.5, 0.6) is 11.5 Å². The second kappa shape index (κ2) is 9.07. The molecule has 1 fully saturated rings. The largest absolute Gasteiger partial charge is 0.490 e. The fourth-order valence-electron chi connectivity index (χ4n) is 3.70. The third-order valence-electron chi connectivity index (χ3n) is 5.22. The molecule has 1 aromatic carbocycles. The van der Waals surface area contributed by atoms with Gasteiger partial charge in [-0.2, -0.15) is 0 Å². The van der Waals surface area contributed by atoms with Gasteiger partial charge in [-0.3, -0.25) is 9.36 Å². The Bertz CT molecular complexity index is 862. The number of amides is 1. The van der Waals surface area contributed by atoms with Gasteiger partial charge in [-0.15, -0.1) is 10.2 Å². The number of nitrogens with zero attached hydrogens (tertiary/aromatic N) is 4. The van der Waals surface area contributed by atoms with Crippen molar-refractivity contribution in [3.05, 3.63) is 18.2 Å². The van der Waals surface area contributed by atoms with Crippen LogP contribution in [0.1, 0.15) is 45.6 Å². The molecule has 0 aliphatic carbocycles. The molecule has 156 valence electrons. The molecule has 29 heavy (non-hydrogen) atoms. The summed E-state index contributed by atoms with van der Waals surface area (Å²) in [5, 5.41) is 9.61. The number of likely N-dealkylation sites (tertiary alicyclic amines) is 1. The van der Waals surface area contributed by atoms with Gasteiger partial charge in [0.1, 0.15) is 0 Å². The number of piperidine rings is 1. The number of ether oxygens (including phenoxy) is 2. The molecule has 0 saturated carbocycles. The third-order valence-corrected chi connectivity index (χ3v) is 6.15. The zero-order valence-corrected chi connectivity index (χ0v) is 17.9. The van der Waals surface area contributed by atoms with E-state index in [1.807, 2.05) is 23.1 Å². The van der Waals surface area contributed by atoms with E-state index in [9.17, 15) is 4.79 Å². The summed E-state index contributed by atoms with van der Waals surface area (Å²) in [6.45, 7) is 7.27. The van der Waals surface area contributed by atoms with Gasteiger partial charge in [0.05, 0.1) is 19.0 Å². The molecular weight excluding hydrogens is 388 g/mol. The van der Waals surface area contributed by atoms with E-state index in [0.717, 1.165) is 60.4 Å². The average molecular weight is 417 g/mol. The summed E-state index contributed by atoms with van der Waals surface area (Å²) in [7, 11) is 0. The van der Waals surface area contributed by atoms with Crippen LogP contribution >= 0.6 is 11.8 Å². The topological polar surface area (TPSA) is 69.5 Å². The van der Waals surface area contributed by atoms with E-state index in [2.05, 4.69) is 28.6 Å². The number of hydrogen-bond acceptors (Lipinski definition) is 6. The minimum absolute atomic E-state index is 0.170. The van der Waals surface area contributed by atoms with Crippen molar-refractivity contribution in [1.29, 1.82) is 0 Å². The minimum Gasteiger partial charge on any atom is -0.490 e. The number of aromatic nitrogens is 3. The van der Waals surface area contributed by atoms with E-state index >= 15 is 0 Å². The Labute approximate surface area is 175 Å². The monoisotopic (exact) mass is 416 g/mol. The molecule has 1 aromatic heterocycles. The van der Waals surface area contributed by atoms with Gasteiger partial charge >= 0.3 is 0 Å². The van der Waals surface area contributed by atoms with Gasteiger partial charge in [0.15, 0.2) is 22.5 Å². The van der Waals surface area contributed by atoms with Crippen molar-refractivity contribution in [2.45, 2.75) is 50.7 Å². The summed E-state index contributed by atoms with van der Waals surface area (Å²) in [5.41, 5.74) is 0.935. The number of rotatable bonds is 5. The van der Waals surface area contributed by atoms with Crippen molar-refractivity contribution in [2.24, 2.45) is 0 Å². The zero-order chi connectivity index (χ0) is 20.2. The molecule has 0 spiro atoms. The van der Waals surface area contributed by atoms with Crippen LogP contribution in [-0.4, -0.2) is 57.6 Å². The van der Waals surface area contributed by atoms with E-state index in [1.54, 1.807) is 0 Å². The Hall–Kier alpha value is -2.22. The van der Waals surface area contributed by atoms with Gasteiger partial charge in [-0.05, 0) is 51.3 Å². The normalized spacial score (nSPS) is 16.7. The molecule has 1 saturated heterocycles. The SMILES string of the molecule is CC(C)n1c(SCC(=O)N2CCCCC2)nnc1-c1ccc2c(c1)OCCCO2. The molecule has 0 atom stereocenters. The lowest BCUT2D eigenvalue weighted by Gasteiger charge is -2.26. The molecule has 2 aromatic rings. The summed E-state index contributed by atoms with van der Waals surface area (Å²) in [6, 6.07) is 6.06. The molecule has 0 bridgehead atoms. The number of carbonyl (C=O) groups is 1. The van der Waals surface area contributed by atoms with Gasteiger partial charge in [-0.25, -0.2) is 0 Å². The van der Waals surface area contributed by atoms with Crippen LogP contribution in [0.2, 0.25) is 0 Å². The van der Waals surface area contributed by atoms with Gasteiger partial charge in [0, 0.05) is 31.1 Å². The molecule has 0 radical (unpaired) electrons. The van der Waals surface area contributed by atoms with E-state index < -0.39 is 0 Å². The molecular formula is C21H28N4O3S. The van der Waals surface area contributed by atoms with Gasteiger partial charge in [-0.1, -0.05) is 11.8 Å².